The molecule has 0 unspecified atom stereocenters. The van der Waals surface area contributed by atoms with Crippen LogP contribution in [0.3, 0.4) is 0 Å². The summed E-state index contributed by atoms with van der Waals surface area (Å²) in [7, 11) is 0. The molecule has 0 saturated heterocycles. The highest BCUT2D eigenvalue weighted by molar-refractivity contribution is 9.10. The summed E-state index contributed by atoms with van der Waals surface area (Å²) in [6.07, 6.45) is -8.76. The Morgan fingerprint density at radius 3 is 2.33 bits per heavy atom. The van der Waals surface area contributed by atoms with Crippen LogP contribution in [0.1, 0.15) is 12.0 Å². The van der Waals surface area contributed by atoms with Crippen molar-refractivity contribution in [2.45, 2.75) is 18.8 Å². The van der Waals surface area contributed by atoms with E-state index in [2.05, 4.69) is 26.0 Å². The van der Waals surface area contributed by atoms with Crippen molar-refractivity contribution < 1.29 is 31.1 Å². The van der Waals surface area contributed by atoms with Crippen molar-refractivity contribution in [3.8, 4) is 0 Å². The first-order chi connectivity index (χ1) is 9.59. The lowest BCUT2D eigenvalue weighted by Gasteiger charge is -2.15. The molecule has 0 bridgehead atoms. The standard InChI is InChI=1S/C12H12BrF6NO/c13-8-2-3-10(9(6-8)12(17,18)19)20-4-1-5-21-7-11(14,15)16/h2-3,6,20H,1,4-5,7H2. The maximum absolute atomic E-state index is 12.8. The van der Waals surface area contributed by atoms with E-state index in [1.54, 1.807) is 0 Å². The summed E-state index contributed by atoms with van der Waals surface area (Å²) >= 11 is 2.96. The zero-order valence-corrected chi connectivity index (χ0v) is 12.2. The molecule has 0 atom stereocenters. The van der Waals surface area contributed by atoms with Crippen molar-refractivity contribution in [2.75, 3.05) is 25.1 Å². The summed E-state index contributed by atoms with van der Waals surface area (Å²) in [5.41, 5.74) is -0.963. The minimum Gasteiger partial charge on any atom is -0.384 e. The summed E-state index contributed by atoms with van der Waals surface area (Å²) < 4.78 is 78.3. The number of rotatable bonds is 6. The fourth-order valence-corrected chi connectivity index (χ4v) is 1.85. The number of ether oxygens (including phenoxy) is 1. The molecule has 0 aliphatic carbocycles. The van der Waals surface area contributed by atoms with Gasteiger partial charge in [-0.15, -0.1) is 0 Å². The highest BCUT2D eigenvalue weighted by Gasteiger charge is 2.33. The van der Waals surface area contributed by atoms with Gasteiger partial charge in [0.2, 0.25) is 0 Å². The predicted molar refractivity (Wildman–Crippen MR) is 69.1 cm³/mol. The maximum Gasteiger partial charge on any atom is 0.418 e. The molecule has 1 aromatic rings. The topological polar surface area (TPSA) is 21.3 Å². The van der Waals surface area contributed by atoms with E-state index in [0.29, 0.717) is 0 Å². The van der Waals surface area contributed by atoms with Crippen LogP contribution in [-0.4, -0.2) is 25.9 Å². The molecule has 120 valence electrons. The van der Waals surface area contributed by atoms with Gasteiger partial charge in [-0.05, 0) is 24.6 Å². The molecular weight excluding hydrogens is 368 g/mol. The summed E-state index contributed by atoms with van der Waals surface area (Å²) in [5.74, 6) is 0. The molecule has 0 spiro atoms. The van der Waals surface area contributed by atoms with Crippen LogP contribution < -0.4 is 5.32 Å². The van der Waals surface area contributed by atoms with Gasteiger partial charge in [0, 0.05) is 23.3 Å². The summed E-state index contributed by atoms with van der Waals surface area (Å²) in [6.45, 7) is -1.48. The van der Waals surface area contributed by atoms with Crippen LogP contribution in [0.25, 0.3) is 0 Å². The Balaban J connectivity index is 2.46. The first kappa shape index (κ1) is 18.1. The Labute approximate surface area is 125 Å². The van der Waals surface area contributed by atoms with E-state index in [9.17, 15) is 26.3 Å². The van der Waals surface area contributed by atoms with Crippen LogP contribution in [0.15, 0.2) is 22.7 Å². The zero-order valence-electron chi connectivity index (χ0n) is 10.6. The lowest BCUT2D eigenvalue weighted by atomic mass is 10.1. The van der Waals surface area contributed by atoms with E-state index in [1.165, 1.54) is 12.1 Å². The molecule has 21 heavy (non-hydrogen) atoms. The number of nitrogens with one attached hydrogen (secondary N) is 1. The second kappa shape index (κ2) is 7.35. The molecule has 0 aliphatic heterocycles. The number of hydrogen-bond donors (Lipinski definition) is 1. The quantitative estimate of drug-likeness (QED) is 0.563. The number of halogens is 7. The Morgan fingerprint density at radius 1 is 1.10 bits per heavy atom. The third-order valence-electron chi connectivity index (χ3n) is 2.33. The summed E-state index contributed by atoms with van der Waals surface area (Å²) in [6, 6.07) is 3.63. The molecule has 1 aromatic carbocycles. The van der Waals surface area contributed by atoms with Crippen LogP contribution in [0.5, 0.6) is 0 Å². The minimum atomic E-state index is -4.51. The first-order valence-electron chi connectivity index (χ1n) is 5.85. The molecule has 0 heterocycles. The number of benzene rings is 1. The van der Waals surface area contributed by atoms with Crippen molar-refractivity contribution in [3.05, 3.63) is 28.2 Å². The van der Waals surface area contributed by atoms with Crippen molar-refractivity contribution >= 4 is 21.6 Å². The number of hydrogen-bond acceptors (Lipinski definition) is 2. The van der Waals surface area contributed by atoms with Crippen molar-refractivity contribution in [1.29, 1.82) is 0 Å². The van der Waals surface area contributed by atoms with Gasteiger partial charge in [0.25, 0.3) is 0 Å². The molecule has 9 heteroatoms. The molecule has 0 saturated carbocycles. The van der Waals surface area contributed by atoms with E-state index in [4.69, 9.17) is 0 Å². The molecule has 0 aromatic heterocycles. The van der Waals surface area contributed by atoms with Crippen molar-refractivity contribution in [3.63, 3.8) is 0 Å². The molecule has 0 fully saturated rings. The lowest BCUT2D eigenvalue weighted by Crippen LogP contribution is -2.18. The molecule has 2 nitrogen and oxygen atoms in total. The van der Waals surface area contributed by atoms with E-state index in [1.807, 2.05) is 0 Å². The fourth-order valence-electron chi connectivity index (χ4n) is 1.49. The summed E-state index contributed by atoms with van der Waals surface area (Å²) in [5, 5.41) is 2.54. The van der Waals surface area contributed by atoms with E-state index < -0.39 is 24.5 Å². The molecule has 1 rings (SSSR count). The van der Waals surface area contributed by atoms with Gasteiger partial charge in [0.15, 0.2) is 0 Å². The number of alkyl halides is 6. The van der Waals surface area contributed by atoms with Crippen LogP contribution in [0, 0.1) is 0 Å². The van der Waals surface area contributed by atoms with Gasteiger partial charge in [-0.3, -0.25) is 0 Å². The second-order valence-electron chi connectivity index (χ2n) is 4.14. The normalized spacial score (nSPS) is 12.5. The van der Waals surface area contributed by atoms with Crippen molar-refractivity contribution in [1.82, 2.24) is 0 Å². The van der Waals surface area contributed by atoms with E-state index in [0.717, 1.165) is 6.07 Å². The first-order valence-corrected chi connectivity index (χ1v) is 6.64. The Hall–Kier alpha value is -0.960. The molecule has 0 aliphatic rings. The molecule has 0 radical (unpaired) electrons. The maximum atomic E-state index is 12.8. The van der Waals surface area contributed by atoms with Gasteiger partial charge in [0.1, 0.15) is 6.61 Å². The van der Waals surface area contributed by atoms with Gasteiger partial charge in [-0.1, -0.05) is 15.9 Å². The average molecular weight is 380 g/mol. The SMILES string of the molecule is FC(F)(F)COCCCNc1ccc(Br)cc1C(F)(F)F. The zero-order chi connectivity index (χ0) is 16.1. The Morgan fingerprint density at radius 2 is 1.76 bits per heavy atom. The smallest absolute Gasteiger partial charge is 0.384 e. The Bertz CT molecular complexity index is 460. The van der Waals surface area contributed by atoms with Crippen LogP contribution in [0.2, 0.25) is 0 Å². The van der Waals surface area contributed by atoms with E-state index >= 15 is 0 Å². The Kier molecular flexibility index (Phi) is 6.33. The monoisotopic (exact) mass is 379 g/mol. The third kappa shape index (κ3) is 7.03. The highest BCUT2D eigenvalue weighted by atomic mass is 79.9. The largest absolute Gasteiger partial charge is 0.418 e. The van der Waals surface area contributed by atoms with Crippen LogP contribution in [0.4, 0.5) is 32.0 Å². The average Bonchev–Trinajstić information content (AvgIpc) is 2.32. The van der Waals surface area contributed by atoms with Crippen molar-refractivity contribution in [2.24, 2.45) is 0 Å². The van der Waals surface area contributed by atoms with Gasteiger partial charge in [-0.2, -0.15) is 26.3 Å². The highest BCUT2D eigenvalue weighted by Crippen LogP contribution is 2.36. The molecular formula is C12H12BrF6NO. The van der Waals surface area contributed by atoms with Crippen LogP contribution >= 0.6 is 15.9 Å². The van der Waals surface area contributed by atoms with Gasteiger partial charge in [0.05, 0.1) is 5.56 Å². The fraction of sp³-hybridized carbons (Fsp3) is 0.500. The van der Waals surface area contributed by atoms with E-state index in [-0.39, 0.29) is 29.7 Å². The minimum absolute atomic E-state index is 0.0720. The van der Waals surface area contributed by atoms with Gasteiger partial charge < -0.3 is 10.1 Å². The van der Waals surface area contributed by atoms with Gasteiger partial charge >= 0.3 is 12.4 Å². The number of anilines is 1. The third-order valence-corrected chi connectivity index (χ3v) is 2.83. The van der Waals surface area contributed by atoms with Crippen LogP contribution in [-0.2, 0) is 10.9 Å². The lowest BCUT2D eigenvalue weighted by molar-refractivity contribution is -0.173. The molecule has 0 amide bonds. The second-order valence-corrected chi connectivity index (χ2v) is 5.05. The van der Waals surface area contributed by atoms with Gasteiger partial charge in [-0.25, -0.2) is 0 Å². The molecule has 1 N–H and O–H groups in total. The predicted octanol–water partition coefficient (Wildman–Crippen LogP) is 4.85. The summed E-state index contributed by atoms with van der Waals surface area (Å²) in [4.78, 5) is 0.